The summed E-state index contributed by atoms with van der Waals surface area (Å²) in [5.41, 5.74) is 5.05. The third kappa shape index (κ3) is 3.15. The number of aliphatic imine (C=N–C) groups is 1. The van der Waals surface area contributed by atoms with E-state index in [-0.39, 0.29) is 17.1 Å². The highest BCUT2D eigenvalue weighted by Gasteiger charge is 2.04. The van der Waals surface area contributed by atoms with Crippen LogP contribution in [0, 0.1) is 32.8 Å². The quantitative estimate of drug-likeness (QED) is 0.368. The molecule has 0 unspecified atom stereocenters. The van der Waals surface area contributed by atoms with Crippen LogP contribution in [0.5, 0.6) is 0 Å². The van der Waals surface area contributed by atoms with Crippen molar-refractivity contribution < 1.29 is 4.92 Å². The van der Waals surface area contributed by atoms with Gasteiger partial charge in [-0.2, -0.15) is 10.5 Å². The largest absolute Gasteiger partial charge is 0.388 e. The van der Waals surface area contributed by atoms with Gasteiger partial charge in [0.05, 0.1) is 4.92 Å². The van der Waals surface area contributed by atoms with Crippen molar-refractivity contribution in [2.75, 3.05) is 0 Å². The minimum Gasteiger partial charge on any atom is -0.388 e. The smallest absolute Gasteiger partial charge is 0.270 e. The lowest BCUT2D eigenvalue weighted by atomic mass is 10.2. The van der Waals surface area contributed by atoms with Crippen molar-refractivity contribution in [3.05, 3.63) is 51.3 Å². The van der Waals surface area contributed by atoms with E-state index in [0.29, 0.717) is 5.56 Å². The van der Waals surface area contributed by atoms with E-state index in [0.717, 1.165) is 0 Å². The average molecular weight is 241 g/mol. The summed E-state index contributed by atoms with van der Waals surface area (Å²) in [7, 11) is 0. The Morgan fingerprint density at radius 3 is 2.72 bits per heavy atom. The normalized spacial score (nSPS) is 11.4. The fraction of sp³-hybridized carbons (Fsp3) is 0. The van der Waals surface area contributed by atoms with Gasteiger partial charge in [-0.1, -0.05) is 12.1 Å². The minimum absolute atomic E-state index is 0.0882. The summed E-state index contributed by atoms with van der Waals surface area (Å²) in [6.45, 7) is 0. The van der Waals surface area contributed by atoms with E-state index in [2.05, 4.69) is 4.99 Å². The zero-order chi connectivity index (χ0) is 13.5. The lowest BCUT2D eigenvalue weighted by molar-refractivity contribution is -0.384. The Kier molecular flexibility index (Phi) is 4.13. The minimum atomic E-state index is -0.540. The third-order valence-corrected chi connectivity index (χ3v) is 1.91. The number of rotatable bonds is 3. The Labute approximate surface area is 102 Å². The summed E-state index contributed by atoms with van der Waals surface area (Å²) in [5, 5.41) is 27.7. The maximum atomic E-state index is 10.5. The number of non-ortho nitro benzene ring substituents is 1. The molecule has 0 radical (unpaired) electrons. The summed E-state index contributed by atoms with van der Waals surface area (Å²) in [4.78, 5) is 13.7. The number of allylic oxidation sites excluding steroid dienone is 2. The maximum absolute atomic E-state index is 10.5. The standard InChI is InChI=1S/C11H7N5O2/c12-5-10(14)11(6-13)15-7-8-2-1-3-9(4-8)16(17)18/h1-4,7H,14H2/b11-10-,15-7?. The number of nitriles is 2. The van der Waals surface area contributed by atoms with E-state index in [1.165, 1.54) is 24.4 Å². The molecule has 7 heteroatoms. The number of nitro groups is 1. The summed E-state index contributed by atoms with van der Waals surface area (Å²) >= 11 is 0. The van der Waals surface area contributed by atoms with Crippen molar-refractivity contribution in [1.29, 1.82) is 10.5 Å². The lowest BCUT2D eigenvalue weighted by Gasteiger charge is -1.94. The van der Waals surface area contributed by atoms with E-state index in [1.54, 1.807) is 18.2 Å². The van der Waals surface area contributed by atoms with Gasteiger partial charge in [0.2, 0.25) is 0 Å². The summed E-state index contributed by atoms with van der Waals surface area (Å²) in [6.07, 6.45) is 1.23. The van der Waals surface area contributed by atoms with Gasteiger partial charge in [-0.15, -0.1) is 0 Å². The number of hydrogen-bond donors (Lipinski definition) is 1. The molecule has 0 atom stereocenters. The molecule has 88 valence electrons. The summed E-state index contributed by atoms with van der Waals surface area (Å²) in [5.74, 6) is 0. The van der Waals surface area contributed by atoms with Gasteiger partial charge < -0.3 is 5.73 Å². The van der Waals surface area contributed by atoms with Gasteiger partial charge in [0.15, 0.2) is 5.70 Å². The van der Waals surface area contributed by atoms with Crippen LogP contribution in [0.1, 0.15) is 5.56 Å². The van der Waals surface area contributed by atoms with E-state index in [1.807, 2.05) is 0 Å². The Balaban J connectivity index is 3.06. The highest BCUT2D eigenvalue weighted by Crippen LogP contribution is 2.12. The van der Waals surface area contributed by atoms with E-state index < -0.39 is 4.92 Å². The second-order valence-electron chi connectivity index (χ2n) is 3.10. The molecule has 0 saturated carbocycles. The number of benzene rings is 1. The van der Waals surface area contributed by atoms with E-state index in [4.69, 9.17) is 16.3 Å². The van der Waals surface area contributed by atoms with Crippen LogP contribution < -0.4 is 5.73 Å². The van der Waals surface area contributed by atoms with Gasteiger partial charge in [-0.05, 0) is 5.56 Å². The highest BCUT2D eigenvalue weighted by atomic mass is 16.6. The van der Waals surface area contributed by atoms with Gasteiger partial charge in [0, 0.05) is 18.3 Å². The van der Waals surface area contributed by atoms with Crippen molar-refractivity contribution in [1.82, 2.24) is 0 Å². The molecule has 7 nitrogen and oxygen atoms in total. The van der Waals surface area contributed by atoms with Crippen molar-refractivity contribution >= 4 is 11.9 Å². The van der Waals surface area contributed by atoms with Gasteiger partial charge in [-0.25, -0.2) is 4.99 Å². The van der Waals surface area contributed by atoms with Crippen molar-refractivity contribution in [2.45, 2.75) is 0 Å². The van der Waals surface area contributed by atoms with Gasteiger partial charge >= 0.3 is 0 Å². The SMILES string of the molecule is N#C/C(N)=C(\C#N)N=Cc1cccc([N+](=O)[O-])c1. The first-order valence-corrected chi connectivity index (χ1v) is 4.67. The highest BCUT2D eigenvalue weighted by molar-refractivity contribution is 5.81. The van der Waals surface area contributed by atoms with Crippen molar-refractivity contribution in [3.8, 4) is 12.1 Å². The molecule has 0 saturated heterocycles. The molecule has 0 amide bonds. The topological polar surface area (TPSA) is 129 Å². The molecule has 0 spiro atoms. The second kappa shape index (κ2) is 5.77. The molecular weight excluding hydrogens is 234 g/mol. The molecule has 0 aliphatic carbocycles. The lowest BCUT2D eigenvalue weighted by Crippen LogP contribution is -1.97. The Bertz CT molecular complexity index is 619. The van der Waals surface area contributed by atoms with Crippen LogP contribution in [0.25, 0.3) is 0 Å². The van der Waals surface area contributed by atoms with Crippen LogP contribution in [0.2, 0.25) is 0 Å². The summed E-state index contributed by atoms with van der Waals surface area (Å²) < 4.78 is 0. The van der Waals surface area contributed by atoms with Gasteiger partial charge in [-0.3, -0.25) is 10.1 Å². The third-order valence-electron chi connectivity index (χ3n) is 1.91. The molecule has 0 aliphatic heterocycles. The first kappa shape index (κ1) is 12.9. The van der Waals surface area contributed by atoms with Crippen molar-refractivity contribution in [2.24, 2.45) is 10.7 Å². The molecule has 0 aliphatic rings. The Morgan fingerprint density at radius 2 is 2.17 bits per heavy atom. The molecule has 1 aromatic carbocycles. The molecule has 1 aromatic rings. The molecule has 1 rings (SSSR count). The maximum Gasteiger partial charge on any atom is 0.270 e. The molecule has 18 heavy (non-hydrogen) atoms. The van der Waals surface area contributed by atoms with Crippen LogP contribution in [-0.4, -0.2) is 11.1 Å². The predicted octanol–water partition coefficient (Wildman–Crippen LogP) is 1.23. The zero-order valence-electron chi connectivity index (χ0n) is 9.07. The van der Waals surface area contributed by atoms with E-state index >= 15 is 0 Å². The molecule has 0 aromatic heterocycles. The first-order valence-electron chi connectivity index (χ1n) is 4.67. The number of nitrogens with zero attached hydrogens (tertiary/aromatic N) is 4. The van der Waals surface area contributed by atoms with Crippen molar-refractivity contribution in [3.63, 3.8) is 0 Å². The number of hydrogen-bond acceptors (Lipinski definition) is 6. The molecule has 0 bridgehead atoms. The average Bonchev–Trinajstić information content (AvgIpc) is 2.39. The van der Waals surface area contributed by atoms with Crippen LogP contribution in [0.4, 0.5) is 5.69 Å². The Hall–Kier alpha value is -3.19. The first-order chi connectivity index (χ1) is 8.58. The number of nitro benzene ring substituents is 1. The van der Waals surface area contributed by atoms with Crippen LogP contribution in [0.3, 0.4) is 0 Å². The van der Waals surface area contributed by atoms with Gasteiger partial charge in [0.25, 0.3) is 5.69 Å². The Morgan fingerprint density at radius 1 is 1.44 bits per heavy atom. The van der Waals surface area contributed by atoms with Crippen LogP contribution >= 0.6 is 0 Å². The fourth-order valence-electron chi connectivity index (χ4n) is 1.07. The monoisotopic (exact) mass is 241 g/mol. The number of nitrogens with two attached hydrogens (primary N) is 1. The molecule has 0 fully saturated rings. The zero-order valence-corrected chi connectivity index (χ0v) is 9.07. The predicted molar refractivity (Wildman–Crippen MR) is 63.1 cm³/mol. The summed E-state index contributed by atoms with van der Waals surface area (Å²) in [6, 6.07) is 8.95. The van der Waals surface area contributed by atoms with Crippen LogP contribution in [-0.2, 0) is 0 Å². The second-order valence-corrected chi connectivity index (χ2v) is 3.10. The molecule has 0 heterocycles. The van der Waals surface area contributed by atoms with Crippen LogP contribution in [0.15, 0.2) is 40.7 Å². The van der Waals surface area contributed by atoms with Gasteiger partial charge in [0.1, 0.15) is 17.8 Å². The fourth-order valence-corrected chi connectivity index (χ4v) is 1.07. The molecule has 2 N–H and O–H groups in total. The molecular formula is C11H7N5O2. The van der Waals surface area contributed by atoms with E-state index in [9.17, 15) is 10.1 Å².